The van der Waals surface area contributed by atoms with E-state index in [1.165, 1.54) is 11.3 Å². The molecule has 0 N–H and O–H groups in total. The van der Waals surface area contributed by atoms with Crippen molar-refractivity contribution in [1.82, 2.24) is 19.7 Å². The molecule has 2 aromatic carbocycles. The van der Waals surface area contributed by atoms with Gasteiger partial charge in [-0.25, -0.2) is 9.67 Å². The van der Waals surface area contributed by atoms with Gasteiger partial charge in [0.2, 0.25) is 0 Å². The minimum Gasteiger partial charge on any atom is -0.308 e. The second-order valence-corrected chi connectivity index (χ2v) is 9.07. The summed E-state index contributed by atoms with van der Waals surface area (Å²) in [6.45, 7) is 5.14. The van der Waals surface area contributed by atoms with Gasteiger partial charge in [-0.3, -0.25) is 9.69 Å². The Morgan fingerprint density at radius 1 is 1.10 bits per heavy atom. The summed E-state index contributed by atoms with van der Waals surface area (Å²) in [5.41, 5.74) is 4.15. The Kier molecular flexibility index (Phi) is 6.09. The van der Waals surface area contributed by atoms with Crippen molar-refractivity contribution in [2.24, 2.45) is 0 Å². The molecule has 0 bridgehead atoms. The zero-order chi connectivity index (χ0) is 22.1. The number of rotatable bonds is 6. The average molecular weight is 454 g/mol. The van der Waals surface area contributed by atoms with Gasteiger partial charge < -0.3 is 4.90 Å². The molecule has 2 heterocycles. The minimum atomic E-state index is -0.116. The summed E-state index contributed by atoms with van der Waals surface area (Å²) in [6.07, 6.45) is 1.64. The maximum absolute atomic E-state index is 13.7. The van der Waals surface area contributed by atoms with Crippen LogP contribution in [0.4, 0.5) is 5.13 Å². The monoisotopic (exact) mass is 453 g/mol. The number of aromatic nitrogens is 3. The molecule has 0 aliphatic heterocycles. The molecule has 4 aromatic rings. The smallest absolute Gasteiger partial charge is 0.263 e. The van der Waals surface area contributed by atoms with E-state index in [-0.39, 0.29) is 5.91 Å². The molecule has 0 atom stereocenters. The van der Waals surface area contributed by atoms with Gasteiger partial charge >= 0.3 is 0 Å². The van der Waals surface area contributed by atoms with Gasteiger partial charge in [0.25, 0.3) is 5.91 Å². The molecule has 0 unspecified atom stereocenters. The summed E-state index contributed by atoms with van der Waals surface area (Å²) in [5.74, 6) is -0.116. The van der Waals surface area contributed by atoms with Crippen LogP contribution >= 0.6 is 22.9 Å². The van der Waals surface area contributed by atoms with Crippen LogP contribution in [0.1, 0.15) is 21.6 Å². The molecule has 8 heteroatoms. The summed E-state index contributed by atoms with van der Waals surface area (Å²) >= 11 is 7.86. The number of carbonyl (C=O) groups excluding carboxylic acids is 1. The molecule has 0 radical (unpaired) electrons. The van der Waals surface area contributed by atoms with Crippen LogP contribution in [-0.2, 0) is 0 Å². The second kappa shape index (κ2) is 8.78. The van der Waals surface area contributed by atoms with Crippen LogP contribution in [0.3, 0.4) is 0 Å². The van der Waals surface area contributed by atoms with Crippen molar-refractivity contribution >= 4 is 44.2 Å². The average Bonchev–Trinajstić information content (AvgIpc) is 3.36. The number of halogens is 1. The highest BCUT2D eigenvalue weighted by molar-refractivity contribution is 7.23. The summed E-state index contributed by atoms with van der Waals surface area (Å²) in [7, 11) is 3.97. The number of likely N-dealkylation sites (N-methyl/N-ethyl adjacent to an activating group) is 1. The van der Waals surface area contributed by atoms with E-state index < -0.39 is 0 Å². The Hall–Kier alpha value is -2.74. The first-order valence-electron chi connectivity index (χ1n) is 9.99. The first-order chi connectivity index (χ1) is 14.9. The maximum Gasteiger partial charge on any atom is 0.263 e. The number of anilines is 1. The minimum absolute atomic E-state index is 0.116. The largest absolute Gasteiger partial charge is 0.308 e. The van der Waals surface area contributed by atoms with Gasteiger partial charge in [-0.15, -0.1) is 0 Å². The summed E-state index contributed by atoms with van der Waals surface area (Å²) in [6, 6.07) is 13.6. The zero-order valence-electron chi connectivity index (χ0n) is 18.0. The molecule has 4 rings (SSSR count). The molecule has 31 heavy (non-hydrogen) atoms. The number of para-hydroxylation sites is 1. The molecule has 0 fully saturated rings. The molecule has 6 nitrogen and oxygen atoms in total. The van der Waals surface area contributed by atoms with Crippen LogP contribution in [0.25, 0.3) is 15.9 Å². The number of hydrogen-bond donors (Lipinski definition) is 0. The third kappa shape index (κ3) is 4.21. The van der Waals surface area contributed by atoms with Gasteiger partial charge in [0.05, 0.1) is 38.4 Å². The Balaban J connectivity index is 1.75. The van der Waals surface area contributed by atoms with Gasteiger partial charge in [0.1, 0.15) is 0 Å². The first kappa shape index (κ1) is 21.5. The van der Waals surface area contributed by atoms with Crippen LogP contribution in [0.2, 0.25) is 5.02 Å². The number of nitrogens with zero attached hydrogens (tertiary/aromatic N) is 5. The van der Waals surface area contributed by atoms with E-state index in [0.29, 0.717) is 28.8 Å². The molecular formula is C23H24ClN5OS. The number of thiazole rings is 1. The highest BCUT2D eigenvalue weighted by atomic mass is 35.5. The van der Waals surface area contributed by atoms with Crippen molar-refractivity contribution in [1.29, 1.82) is 0 Å². The first-order valence-corrected chi connectivity index (χ1v) is 11.2. The topological polar surface area (TPSA) is 54.3 Å². The van der Waals surface area contributed by atoms with Crippen molar-refractivity contribution in [2.45, 2.75) is 13.8 Å². The SMILES string of the molecule is Cc1ccc(Cl)c2sc(N(CCN(C)C)C(=O)c3cnn(-c4ccccc4)c3C)nc12. The lowest BCUT2D eigenvalue weighted by atomic mass is 10.2. The molecule has 0 aliphatic rings. The predicted molar refractivity (Wildman–Crippen MR) is 128 cm³/mol. The van der Waals surface area contributed by atoms with Crippen LogP contribution in [-0.4, -0.2) is 52.8 Å². The van der Waals surface area contributed by atoms with Gasteiger partial charge in [0.15, 0.2) is 5.13 Å². The predicted octanol–water partition coefficient (Wildman–Crippen LogP) is 4.96. The van der Waals surface area contributed by atoms with Crippen molar-refractivity contribution in [3.8, 4) is 5.69 Å². The molecule has 160 valence electrons. The van der Waals surface area contributed by atoms with E-state index in [0.717, 1.165) is 27.2 Å². The zero-order valence-corrected chi connectivity index (χ0v) is 19.5. The number of carbonyl (C=O) groups is 1. The van der Waals surface area contributed by atoms with Gasteiger partial charge in [0, 0.05) is 13.1 Å². The van der Waals surface area contributed by atoms with E-state index in [9.17, 15) is 4.79 Å². The van der Waals surface area contributed by atoms with Crippen molar-refractivity contribution in [2.75, 3.05) is 32.1 Å². The van der Waals surface area contributed by atoms with Crippen LogP contribution in [0, 0.1) is 13.8 Å². The van der Waals surface area contributed by atoms with E-state index in [1.54, 1.807) is 15.8 Å². The Labute approximate surface area is 190 Å². The number of aryl methyl sites for hydroxylation is 1. The van der Waals surface area contributed by atoms with Crippen LogP contribution in [0.15, 0.2) is 48.7 Å². The fourth-order valence-corrected chi connectivity index (χ4v) is 4.73. The second-order valence-electron chi connectivity index (χ2n) is 7.69. The van der Waals surface area contributed by atoms with Crippen LogP contribution in [0.5, 0.6) is 0 Å². The van der Waals surface area contributed by atoms with Crippen LogP contribution < -0.4 is 4.90 Å². The molecule has 1 amide bonds. The molecular weight excluding hydrogens is 430 g/mol. The lowest BCUT2D eigenvalue weighted by Gasteiger charge is -2.21. The summed E-state index contributed by atoms with van der Waals surface area (Å²) < 4.78 is 2.69. The molecule has 2 aromatic heterocycles. The molecule has 0 aliphatic carbocycles. The number of amides is 1. The van der Waals surface area contributed by atoms with E-state index in [2.05, 4.69) is 5.10 Å². The third-order valence-electron chi connectivity index (χ3n) is 5.17. The van der Waals surface area contributed by atoms with Crippen molar-refractivity contribution in [3.05, 3.63) is 70.5 Å². The lowest BCUT2D eigenvalue weighted by Crippen LogP contribution is -2.37. The third-order valence-corrected chi connectivity index (χ3v) is 6.71. The fraction of sp³-hybridized carbons (Fsp3) is 0.261. The maximum atomic E-state index is 13.7. The van der Waals surface area contributed by atoms with Gasteiger partial charge in [-0.1, -0.05) is 47.2 Å². The van der Waals surface area contributed by atoms with E-state index in [4.69, 9.17) is 16.6 Å². The normalized spacial score (nSPS) is 11.4. The molecule has 0 saturated heterocycles. The quantitative estimate of drug-likeness (QED) is 0.414. The Morgan fingerprint density at radius 3 is 2.52 bits per heavy atom. The lowest BCUT2D eigenvalue weighted by molar-refractivity contribution is 0.0984. The number of hydrogen-bond acceptors (Lipinski definition) is 5. The van der Waals surface area contributed by atoms with E-state index in [1.807, 2.05) is 75.3 Å². The number of benzene rings is 2. The fourth-order valence-electron chi connectivity index (χ4n) is 3.38. The number of fused-ring (bicyclic) bond motifs is 1. The van der Waals surface area contributed by atoms with Gasteiger partial charge in [-0.05, 0) is 51.7 Å². The summed E-state index contributed by atoms with van der Waals surface area (Å²) in [5, 5.41) is 5.76. The van der Waals surface area contributed by atoms with Crippen molar-refractivity contribution < 1.29 is 4.79 Å². The molecule has 0 spiro atoms. The van der Waals surface area contributed by atoms with Crippen molar-refractivity contribution in [3.63, 3.8) is 0 Å². The van der Waals surface area contributed by atoms with Gasteiger partial charge in [-0.2, -0.15) is 5.10 Å². The summed E-state index contributed by atoms with van der Waals surface area (Å²) in [4.78, 5) is 22.2. The Morgan fingerprint density at radius 2 is 1.84 bits per heavy atom. The van der Waals surface area contributed by atoms with E-state index >= 15 is 0 Å². The Bertz CT molecular complexity index is 1190. The molecule has 0 saturated carbocycles. The highest BCUT2D eigenvalue weighted by Crippen LogP contribution is 2.36. The highest BCUT2D eigenvalue weighted by Gasteiger charge is 2.26. The standard InChI is InChI=1S/C23H24ClN5OS/c1-15-10-11-19(24)21-20(15)26-23(31-21)28(13-12-27(3)4)22(30)18-14-25-29(16(18)2)17-8-6-5-7-9-17/h5-11,14H,12-13H2,1-4H3.